The topological polar surface area (TPSA) is 40.5 Å². The average molecular weight is 916 g/mol. The number of rotatable bonds is 4. The van der Waals surface area contributed by atoms with E-state index >= 15 is 0 Å². The molecule has 0 atom stereocenters. The summed E-state index contributed by atoms with van der Waals surface area (Å²) in [5, 5.41) is 24.6. The third-order valence-electron chi connectivity index (χ3n) is 10.5. The van der Waals surface area contributed by atoms with E-state index in [1.54, 1.807) is 12.1 Å². The standard InChI is InChI=1S/2C17H15.2C11H16O.2CH3.Si.Zr/c2*1-2-13-11-15-9-6-10-16(17(15)12-13)14-7-4-3-5-8-14;2*1-8-5-6-10(12)9(7-8)11(2,3)4;;;;/h2*3-12H,2H2,1H3;2*5-7,12H,1-4H3;2*1H3;;/q2*-1;;;2*-1;;. The van der Waals surface area contributed by atoms with Crippen molar-refractivity contribution in [3.63, 3.8) is 0 Å². The summed E-state index contributed by atoms with van der Waals surface area (Å²) in [4.78, 5) is 0. The normalized spacial score (nSPS) is 10.5. The molecule has 2 radical (unpaired) electrons. The van der Waals surface area contributed by atoms with Crippen LogP contribution in [0.5, 0.6) is 11.5 Å². The van der Waals surface area contributed by atoms with Crippen molar-refractivity contribution in [2.75, 3.05) is 0 Å². The minimum atomic E-state index is 0. The number of phenols is 2. The molecule has 0 fully saturated rings. The van der Waals surface area contributed by atoms with Crippen LogP contribution in [0.15, 0.2) is 158 Å². The Labute approximate surface area is 392 Å². The van der Waals surface area contributed by atoms with Crippen molar-refractivity contribution in [3.8, 4) is 33.8 Å². The average Bonchev–Trinajstić information content (AvgIpc) is 3.88. The van der Waals surface area contributed by atoms with Gasteiger partial charge in [-0.25, -0.2) is 0 Å². The van der Waals surface area contributed by atoms with E-state index in [-0.39, 0.29) is 25.7 Å². The molecule has 8 aromatic carbocycles. The van der Waals surface area contributed by atoms with Crippen LogP contribution >= 0.6 is 0 Å². The van der Waals surface area contributed by atoms with E-state index in [2.05, 4.69) is 184 Å². The van der Waals surface area contributed by atoms with E-state index in [0.717, 1.165) is 24.0 Å². The summed E-state index contributed by atoms with van der Waals surface area (Å²) in [7, 11) is 0. The number of aromatic hydroxyl groups is 2. The van der Waals surface area contributed by atoms with Crippen LogP contribution in [-0.2, 0) is 47.0 Å². The Morgan fingerprint density at radius 2 is 0.806 bits per heavy atom. The fraction of sp³-hybridized carbons (Fsp3) is 0.241. The van der Waals surface area contributed by atoms with Gasteiger partial charge in [0.2, 0.25) is 0 Å². The van der Waals surface area contributed by atoms with Crippen LogP contribution in [0.3, 0.4) is 0 Å². The number of hydrogen-bond donors (Lipinski definition) is 2. The van der Waals surface area contributed by atoms with Crippen molar-refractivity contribution < 1.29 is 33.5 Å². The molecule has 0 saturated carbocycles. The van der Waals surface area contributed by atoms with Gasteiger partial charge in [0.25, 0.3) is 0 Å². The number of fused-ring (bicyclic) bond motifs is 2. The molecule has 2 nitrogen and oxygen atoms in total. The molecular weight excluding hydrogens is 848 g/mol. The third kappa shape index (κ3) is 14.7. The SMILES string of the molecule is CCc1cc2c(-c3ccccc3)cccc2[cH-]1.CCc1cc2c(-c3ccccc3)cccc2[cH-]1.Cc1ccc(O)c(C(C)(C)C)c1.Cc1ccc(O)c(C(C)(C)C)c1.[CH3-].[CH3-].[Si]=[Zr]. The molecule has 0 bridgehead atoms. The summed E-state index contributed by atoms with van der Waals surface area (Å²) in [5.74, 6) is 0.793. The fourth-order valence-corrected chi connectivity index (χ4v) is 7.24. The summed E-state index contributed by atoms with van der Waals surface area (Å²) >= 11 is 1.36. The zero-order valence-electron chi connectivity index (χ0n) is 39.3. The van der Waals surface area contributed by atoms with E-state index in [4.69, 9.17) is 0 Å². The van der Waals surface area contributed by atoms with E-state index in [9.17, 15) is 10.2 Å². The Bertz CT molecular complexity index is 2370. The van der Waals surface area contributed by atoms with Gasteiger partial charge < -0.3 is 25.1 Å². The van der Waals surface area contributed by atoms with Crippen LogP contribution in [0.2, 0.25) is 0 Å². The van der Waals surface area contributed by atoms with E-state index < -0.39 is 0 Å². The number of hydrogen-bond acceptors (Lipinski definition) is 2. The molecule has 0 aliphatic heterocycles. The quantitative estimate of drug-likeness (QED) is 0.136. The number of phenolic OH excluding ortho intramolecular Hbond substituents is 2. The van der Waals surface area contributed by atoms with Gasteiger partial charge in [0.15, 0.2) is 0 Å². The Balaban J connectivity index is 0.000000282. The van der Waals surface area contributed by atoms with Crippen LogP contribution in [0.25, 0.3) is 43.8 Å². The molecule has 0 saturated heterocycles. The summed E-state index contributed by atoms with van der Waals surface area (Å²) in [6.07, 6.45) is 2.20. The summed E-state index contributed by atoms with van der Waals surface area (Å²) in [5.41, 5.74) is 12.6. The molecule has 0 aromatic heterocycles. The van der Waals surface area contributed by atoms with Crippen molar-refractivity contribution >= 4 is 28.4 Å². The van der Waals surface area contributed by atoms with Crippen molar-refractivity contribution in [2.24, 2.45) is 0 Å². The molecule has 0 aliphatic rings. The second kappa shape index (κ2) is 24.8. The predicted octanol–water partition coefficient (Wildman–Crippen LogP) is 16.1. The Hall–Kier alpha value is -4.76. The first-order valence-electron chi connectivity index (χ1n) is 20.9. The molecular formula is C58H68O2SiZr-4. The van der Waals surface area contributed by atoms with Gasteiger partial charge in [-0.15, -0.1) is 69.1 Å². The van der Waals surface area contributed by atoms with Crippen LogP contribution < -0.4 is 0 Å². The van der Waals surface area contributed by atoms with Gasteiger partial charge >= 0.3 is 30.2 Å². The molecule has 0 amide bonds. The second-order valence-electron chi connectivity index (χ2n) is 17.3. The molecule has 8 rings (SSSR count). The predicted molar refractivity (Wildman–Crippen MR) is 270 cm³/mol. The van der Waals surface area contributed by atoms with Gasteiger partial charge in [-0.05, 0) is 71.9 Å². The van der Waals surface area contributed by atoms with Gasteiger partial charge in [-0.3, -0.25) is 0 Å². The molecule has 4 heteroatoms. The van der Waals surface area contributed by atoms with Gasteiger partial charge in [-0.2, -0.15) is 12.1 Å². The molecule has 0 unspecified atom stereocenters. The summed E-state index contributed by atoms with van der Waals surface area (Å²) in [6.45, 7) is 24.1. The van der Waals surface area contributed by atoms with Crippen molar-refractivity contribution in [2.45, 2.75) is 92.9 Å². The Kier molecular flexibility index (Phi) is 21.3. The van der Waals surface area contributed by atoms with Gasteiger partial charge in [-0.1, -0.05) is 175 Å². The monoisotopic (exact) mass is 914 g/mol. The molecule has 0 aliphatic carbocycles. The Morgan fingerprint density at radius 3 is 1.10 bits per heavy atom. The molecule has 8 aromatic rings. The van der Waals surface area contributed by atoms with Crippen molar-refractivity contribution in [1.82, 2.24) is 0 Å². The first kappa shape index (κ1) is 53.4. The zero-order chi connectivity index (χ0) is 44.0. The first-order chi connectivity index (χ1) is 28.6. The third-order valence-corrected chi connectivity index (χ3v) is 10.5. The maximum atomic E-state index is 9.57. The van der Waals surface area contributed by atoms with E-state index in [1.165, 1.54) is 89.4 Å². The fourth-order valence-electron chi connectivity index (χ4n) is 7.24. The minimum absolute atomic E-state index is 0. The van der Waals surface area contributed by atoms with Crippen LogP contribution in [0, 0.1) is 28.7 Å². The van der Waals surface area contributed by atoms with Crippen molar-refractivity contribution in [3.05, 3.63) is 206 Å². The van der Waals surface area contributed by atoms with Gasteiger partial charge in [0, 0.05) is 0 Å². The van der Waals surface area contributed by atoms with Crippen LogP contribution in [-0.4, -0.2) is 17.1 Å². The zero-order valence-corrected chi connectivity index (χ0v) is 42.8. The molecule has 0 spiro atoms. The van der Waals surface area contributed by atoms with Crippen molar-refractivity contribution in [1.29, 1.82) is 0 Å². The van der Waals surface area contributed by atoms with Gasteiger partial charge in [0.05, 0.1) is 0 Å². The summed E-state index contributed by atoms with van der Waals surface area (Å²) < 4.78 is 0. The Morgan fingerprint density at radius 1 is 0.468 bits per heavy atom. The molecule has 324 valence electrons. The van der Waals surface area contributed by atoms with Crippen LogP contribution in [0.4, 0.5) is 0 Å². The van der Waals surface area contributed by atoms with Crippen LogP contribution in [0.1, 0.15) is 88.8 Å². The molecule has 62 heavy (non-hydrogen) atoms. The molecule has 0 heterocycles. The summed E-state index contributed by atoms with van der Waals surface area (Å²) in [6, 6.07) is 54.9. The van der Waals surface area contributed by atoms with E-state index in [0.29, 0.717) is 11.5 Å². The van der Waals surface area contributed by atoms with Gasteiger partial charge in [0.1, 0.15) is 11.5 Å². The first-order valence-corrected chi connectivity index (χ1v) is 25.1. The second-order valence-corrected chi connectivity index (χ2v) is 17.3. The van der Waals surface area contributed by atoms with E-state index in [1.807, 2.05) is 38.1 Å². The molecule has 2 N–H and O–H groups in total. The number of aryl methyl sites for hydroxylation is 4. The number of benzene rings is 6. The maximum absolute atomic E-state index is 9.57.